The van der Waals surface area contributed by atoms with E-state index in [0.29, 0.717) is 0 Å². The molecule has 1 atom stereocenters. The van der Waals surface area contributed by atoms with Crippen molar-refractivity contribution in [3.63, 3.8) is 0 Å². The molecule has 0 aliphatic carbocycles. The van der Waals surface area contributed by atoms with Gasteiger partial charge in [0.25, 0.3) is 0 Å². The van der Waals surface area contributed by atoms with Crippen LogP contribution >= 0.6 is 0 Å². The predicted octanol–water partition coefficient (Wildman–Crippen LogP) is 2.84. The monoisotopic (exact) mass is 166 g/mol. The SMILES string of the molecule is C=C/C(C)=C\C(=C/CC)[C@H](C)O. The Morgan fingerprint density at radius 3 is 2.50 bits per heavy atom. The van der Waals surface area contributed by atoms with Crippen LogP contribution in [0.2, 0.25) is 0 Å². The summed E-state index contributed by atoms with van der Waals surface area (Å²) in [5.74, 6) is 0. The molecular formula is C11H18O. The van der Waals surface area contributed by atoms with Crippen molar-refractivity contribution in [1.82, 2.24) is 0 Å². The molecule has 68 valence electrons. The second-order valence-corrected chi connectivity index (χ2v) is 2.88. The fourth-order valence-electron chi connectivity index (χ4n) is 0.908. The minimum Gasteiger partial charge on any atom is -0.389 e. The van der Waals surface area contributed by atoms with Gasteiger partial charge < -0.3 is 5.11 Å². The predicted molar refractivity (Wildman–Crippen MR) is 54.0 cm³/mol. The van der Waals surface area contributed by atoms with E-state index in [9.17, 15) is 5.11 Å². The molecule has 1 heteroatoms. The molecule has 0 saturated carbocycles. The topological polar surface area (TPSA) is 20.2 Å². The first kappa shape index (κ1) is 11.2. The van der Waals surface area contributed by atoms with Crippen molar-refractivity contribution in [2.24, 2.45) is 0 Å². The molecule has 1 N–H and O–H groups in total. The largest absolute Gasteiger partial charge is 0.389 e. The van der Waals surface area contributed by atoms with Crippen molar-refractivity contribution in [1.29, 1.82) is 0 Å². The van der Waals surface area contributed by atoms with Gasteiger partial charge in [0, 0.05) is 0 Å². The molecular weight excluding hydrogens is 148 g/mol. The Balaban J connectivity index is 4.54. The third kappa shape index (κ3) is 4.14. The molecule has 0 aromatic carbocycles. The summed E-state index contributed by atoms with van der Waals surface area (Å²) in [7, 11) is 0. The Morgan fingerprint density at radius 2 is 2.17 bits per heavy atom. The van der Waals surface area contributed by atoms with Crippen molar-refractivity contribution in [2.75, 3.05) is 0 Å². The molecule has 0 radical (unpaired) electrons. The summed E-state index contributed by atoms with van der Waals surface area (Å²) in [4.78, 5) is 0. The Bertz CT molecular complexity index is 197. The molecule has 12 heavy (non-hydrogen) atoms. The summed E-state index contributed by atoms with van der Waals surface area (Å²) in [5, 5.41) is 9.34. The van der Waals surface area contributed by atoms with Gasteiger partial charge in [-0.15, -0.1) is 0 Å². The molecule has 0 bridgehead atoms. The van der Waals surface area contributed by atoms with Crippen LogP contribution in [0.5, 0.6) is 0 Å². The van der Waals surface area contributed by atoms with Gasteiger partial charge in [-0.05, 0) is 25.8 Å². The minimum absolute atomic E-state index is 0.389. The zero-order valence-corrected chi connectivity index (χ0v) is 8.17. The van der Waals surface area contributed by atoms with E-state index < -0.39 is 0 Å². The zero-order chi connectivity index (χ0) is 9.56. The van der Waals surface area contributed by atoms with Gasteiger partial charge in [-0.3, -0.25) is 0 Å². The number of rotatable bonds is 4. The molecule has 0 fully saturated rings. The highest BCUT2D eigenvalue weighted by Crippen LogP contribution is 2.08. The quantitative estimate of drug-likeness (QED) is 0.637. The van der Waals surface area contributed by atoms with Gasteiger partial charge in [0.1, 0.15) is 0 Å². The standard InChI is InChI=1S/C11H18O/c1-5-7-11(10(4)12)8-9(3)6-2/h6-8,10,12H,2,5H2,1,3-4H3/b9-8-,11-7+/t10-/m0/s1. The lowest BCUT2D eigenvalue weighted by Gasteiger charge is -2.05. The van der Waals surface area contributed by atoms with Crippen LogP contribution in [0.25, 0.3) is 0 Å². The summed E-state index contributed by atoms with van der Waals surface area (Å²) in [6, 6.07) is 0. The Hall–Kier alpha value is -0.820. The molecule has 1 nitrogen and oxygen atoms in total. The van der Waals surface area contributed by atoms with Crippen LogP contribution in [-0.2, 0) is 0 Å². The minimum atomic E-state index is -0.389. The van der Waals surface area contributed by atoms with Crippen LogP contribution in [0.4, 0.5) is 0 Å². The highest BCUT2D eigenvalue weighted by atomic mass is 16.3. The Morgan fingerprint density at radius 1 is 1.58 bits per heavy atom. The van der Waals surface area contributed by atoms with Crippen molar-refractivity contribution in [3.05, 3.63) is 36.0 Å². The van der Waals surface area contributed by atoms with Gasteiger partial charge in [0.15, 0.2) is 0 Å². The van der Waals surface area contributed by atoms with Crippen LogP contribution in [-0.4, -0.2) is 11.2 Å². The van der Waals surface area contributed by atoms with Gasteiger partial charge in [-0.25, -0.2) is 0 Å². The summed E-state index contributed by atoms with van der Waals surface area (Å²) < 4.78 is 0. The maximum atomic E-state index is 9.34. The van der Waals surface area contributed by atoms with Gasteiger partial charge in [0.05, 0.1) is 6.10 Å². The van der Waals surface area contributed by atoms with Gasteiger partial charge in [-0.1, -0.05) is 37.3 Å². The van der Waals surface area contributed by atoms with Crippen molar-refractivity contribution in [3.8, 4) is 0 Å². The highest BCUT2D eigenvalue weighted by molar-refractivity contribution is 5.29. The molecule has 0 rings (SSSR count). The Kier molecular flexibility index (Phi) is 5.39. The summed E-state index contributed by atoms with van der Waals surface area (Å²) >= 11 is 0. The van der Waals surface area contributed by atoms with Gasteiger partial charge in [-0.2, -0.15) is 0 Å². The smallest absolute Gasteiger partial charge is 0.0758 e. The molecule has 0 aliphatic heterocycles. The average Bonchev–Trinajstić information content (AvgIpc) is 2.03. The van der Waals surface area contributed by atoms with Crippen molar-refractivity contribution in [2.45, 2.75) is 33.3 Å². The maximum Gasteiger partial charge on any atom is 0.0758 e. The first-order valence-corrected chi connectivity index (χ1v) is 4.30. The summed E-state index contributed by atoms with van der Waals surface area (Å²) in [5.41, 5.74) is 2.05. The maximum absolute atomic E-state index is 9.34. The third-order valence-electron chi connectivity index (χ3n) is 1.64. The average molecular weight is 166 g/mol. The summed E-state index contributed by atoms with van der Waals surface area (Å²) in [6.07, 6.45) is 6.33. The second kappa shape index (κ2) is 5.78. The summed E-state index contributed by atoms with van der Waals surface area (Å²) in [6.45, 7) is 9.45. The third-order valence-corrected chi connectivity index (χ3v) is 1.64. The first-order chi connectivity index (χ1) is 5.61. The van der Waals surface area contributed by atoms with Crippen molar-refractivity contribution < 1.29 is 5.11 Å². The normalized spacial score (nSPS) is 16.0. The van der Waals surface area contributed by atoms with Crippen molar-refractivity contribution >= 4 is 0 Å². The van der Waals surface area contributed by atoms with E-state index in [1.54, 1.807) is 13.0 Å². The lowest BCUT2D eigenvalue weighted by molar-refractivity contribution is 0.235. The number of allylic oxidation sites excluding steroid dienone is 3. The van der Waals surface area contributed by atoms with E-state index in [4.69, 9.17) is 0 Å². The molecule has 0 amide bonds. The lowest BCUT2D eigenvalue weighted by Crippen LogP contribution is -2.02. The fourth-order valence-corrected chi connectivity index (χ4v) is 0.908. The van der Waals surface area contributed by atoms with Crippen LogP contribution in [0, 0.1) is 0 Å². The molecule has 0 heterocycles. The number of aliphatic hydroxyl groups is 1. The number of aliphatic hydroxyl groups excluding tert-OH is 1. The van der Waals surface area contributed by atoms with E-state index in [0.717, 1.165) is 17.6 Å². The number of hydrogen-bond acceptors (Lipinski definition) is 1. The van der Waals surface area contributed by atoms with E-state index >= 15 is 0 Å². The van der Waals surface area contributed by atoms with Crippen LogP contribution in [0.15, 0.2) is 36.0 Å². The van der Waals surface area contributed by atoms with E-state index in [-0.39, 0.29) is 6.10 Å². The molecule has 0 saturated heterocycles. The van der Waals surface area contributed by atoms with Crippen LogP contribution in [0.3, 0.4) is 0 Å². The number of hydrogen-bond donors (Lipinski definition) is 1. The Labute approximate surface area is 75.1 Å². The van der Waals surface area contributed by atoms with E-state index in [1.165, 1.54) is 0 Å². The molecule has 0 aliphatic rings. The first-order valence-electron chi connectivity index (χ1n) is 4.30. The van der Waals surface area contributed by atoms with E-state index in [1.807, 2.05) is 19.1 Å². The molecule has 0 spiro atoms. The van der Waals surface area contributed by atoms with E-state index in [2.05, 4.69) is 13.5 Å². The van der Waals surface area contributed by atoms with Crippen LogP contribution < -0.4 is 0 Å². The molecule has 0 aromatic rings. The fraction of sp³-hybridized carbons (Fsp3) is 0.455. The van der Waals surface area contributed by atoms with Gasteiger partial charge >= 0.3 is 0 Å². The van der Waals surface area contributed by atoms with Gasteiger partial charge in [0.2, 0.25) is 0 Å². The second-order valence-electron chi connectivity index (χ2n) is 2.88. The lowest BCUT2D eigenvalue weighted by atomic mass is 10.1. The highest BCUT2D eigenvalue weighted by Gasteiger charge is 1.99. The van der Waals surface area contributed by atoms with Crippen LogP contribution in [0.1, 0.15) is 27.2 Å². The molecule has 0 unspecified atom stereocenters. The molecule has 0 aromatic heterocycles. The zero-order valence-electron chi connectivity index (χ0n) is 8.17.